The number of nitrogens with two attached hydrogens (primary N) is 1. The first-order valence-electron chi connectivity index (χ1n) is 6.61. The standard InChI is InChI=1S/C15H22N2S/c1-4-11(5-2)10-17-7-6-13-14(17)8-12(16)9-15(13)18-3/h6-9,11H,4-5,10,16H2,1-3H3. The number of nitrogen functional groups attached to an aromatic ring is 1. The van der Waals surface area contributed by atoms with Crippen molar-refractivity contribution in [3.63, 3.8) is 0 Å². The molecule has 98 valence electrons. The van der Waals surface area contributed by atoms with E-state index in [2.05, 4.69) is 49.1 Å². The third kappa shape index (κ3) is 2.51. The van der Waals surface area contributed by atoms with Crippen molar-refractivity contribution in [3.8, 4) is 0 Å². The van der Waals surface area contributed by atoms with Crippen molar-refractivity contribution in [2.45, 2.75) is 38.1 Å². The fourth-order valence-electron chi connectivity index (χ4n) is 2.44. The molecule has 0 radical (unpaired) electrons. The van der Waals surface area contributed by atoms with Gasteiger partial charge in [-0.2, -0.15) is 0 Å². The summed E-state index contributed by atoms with van der Waals surface area (Å²) in [5.41, 5.74) is 8.12. The SMILES string of the molecule is CCC(CC)Cn1ccc2c(SC)cc(N)cc21. The molecular formula is C15H22N2S. The molecule has 0 atom stereocenters. The van der Waals surface area contributed by atoms with Crippen LogP contribution in [-0.2, 0) is 6.54 Å². The molecule has 2 N–H and O–H groups in total. The zero-order valence-corrected chi connectivity index (χ0v) is 12.3. The predicted molar refractivity (Wildman–Crippen MR) is 82.2 cm³/mol. The number of hydrogen-bond donors (Lipinski definition) is 1. The summed E-state index contributed by atoms with van der Waals surface area (Å²) >= 11 is 1.76. The minimum Gasteiger partial charge on any atom is -0.399 e. The Morgan fingerprint density at radius 2 is 2.00 bits per heavy atom. The molecule has 0 aliphatic rings. The van der Waals surface area contributed by atoms with Crippen LogP contribution in [0.3, 0.4) is 0 Å². The predicted octanol–water partition coefficient (Wildman–Crippen LogP) is 4.38. The molecule has 0 aliphatic heterocycles. The minimum absolute atomic E-state index is 0.750. The highest BCUT2D eigenvalue weighted by atomic mass is 32.2. The van der Waals surface area contributed by atoms with Crippen molar-refractivity contribution < 1.29 is 0 Å². The molecule has 0 spiro atoms. The van der Waals surface area contributed by atoms with E-state index in [9.17, 15) is 0 Å². The van der Waals surface area contributed by atoms with Crippen LogP contribution in [0.5, 0.6) is 0 Å². The highest BCUT2D eigenvalue weighted by Crippen LogP contribution is 2.30. The fraction of sp³-hybridized carbons (Fsp3) is 0.467. The van der Waals surface area contributed by atoms with Crippen molar-refractivity contribution in [1.82, 2.24) is 4.57 Å². The first-order chi connectivity index (χ1) is 8.69. The van der Waals surface area contributed by atoms with Crippen molar-refractivity contribution in [2.24, 2.45) is 5.92 Å². The number of fused-ring (bicyclic) bond motifs is 1. The Kier molecular flexibility index (Phi) is 4.23. The van der Waals surface area contributed by atoms with Crippen molar-refractivity contribution in [1.29, 1.82) is 0 Å². The number of hydrogen-bond acceptors (Lipinski definition) is 2. The third-order valence-corrected chi connectivity index (χ3v) is 4.48. The summed E-state index contributed by atoms with van der Waals surface area (Å²) in [6.07, 6.45) is 6.76. The van der Waals surface area contributed by atoms with Crippen molar-refractivity contribution >= 4 is 28.4 Å². The molecule has 0 aliphatic carbocycles. The lowest BCUT2D eigenvalue weighted by Gasteiger charge is -2.14. The second-order valence-electron chi connectivity index (χ2n) is 4.81. The van der Waals surface area contributed by atoms with Crippen LogP contribution in [0.25, 0.3) is 10.9 Å². The van der Waals surface area contributed by atoms with Crippen LogP contribution >= 0.6 is 11.8 Å². The van der Waals surface area contributed by atoms with E-state index in [0.29, 0.717) is 0 Å². The van der Waals surface area contributed by atoms with Gasteiger partial charge in [0, 0.05) is 28.7 Å². The van der Waals surface area contributed by atoms with E-state index in [-0.39, 0.29) is 0 Å². The summed E-state index contributed by atoms with van der Waals surface area (Å²) in [5, 5.41) is 1.32. The van der Waals surface area contributed by atoms with Crippen LogP contribution in [0.2, 0.25) is 0 Å². The largest absolute Gasteiger partial charge is 0.399 e. The number of nitrogens with zero attached hydrogens (tertiary/aromatic N) is 1. The molecule has 18 heavy (non-hydrogen) atoms. The van der Waals surface area contributed by atoms with E-state index in [1.54, 1.807) is 11.8 Å². The Morgan fingerprint density at radius 1 is 1.28 bits per heavy atom. The maximum Gasteiger partial charge on any atom is 0.0512 e. The van der Waals surface area contributed by atoms with Crippen LogP contribution in [0.15, 0.2) is 29.3 Å². The van der Waals surface area contributed by atoms with Crippen LogP contribution in [-0.4, -0.2) is 10.8 Å². The number of rotatable bonds is 5. The van der Waals surface area contributed by atoms with Gasteiger partial charge in [0.15, 0.2) is 0 Å². The first-order valence-corrected chi connectivity index (χ1v) is 7.84. The topological polar surface area (TPSA) is 30.9 Å². The molecule has 3 heteroatoms. The lowest BCUT2D eigenvalue weighted by molar-refractivity contribution is 0.425. The Bertz CT molecular complexity index is 527. The molecule has 0 unspecified atom stereocenters. The highest BCUT2D eigenvalue weighted by molar-refractivity contribution is 7.98. The second kappa shape index (κ2) is 5.70. The monoisotopic (exact) mass is 262 g/mol. The van der Waals surface area contributed by atoms with Gasteiger partial charge in [-0.15, -0.1) is 11.8 Å². The van der Waals surface area contributed by atoms with Gasteiger partial charge in [-0.25, -0.2) is 0 Å². The molecule has 2 nitrogen and oxygen atoms in total. The minimum atomic E-state index is 0.750. The molecule has 2 aromatic rings. The number of aromatic nitrogens is 1. The molecule has 0 amide bonds. The molecule has 2 rings (SSSR count). The lowest BCUT2D eigenvalue weighted by atomic mass is 10.0. The van der Waals surface area contributed by atoms with Gasteiger partial charge in [-0.3, -0.25) is 0 Å². The van der Waals surface area contributed by atoms with Crippen LogP contribution in [0.4, 0.5) is 5.69 Å². The molecule has 1 aromatic heterocycles. The maximum atomic E-state index is 6.00. The van der Waals surface area contributed by atoms with Crippen molar-refractivity contribution in [3.05, 3.63) is 24.4 Å². The molecule has 1 aromatic carbocycles. The van der Waals surface area contributed by atoms with E-state index in [1.807, 2.05) is 0 Å². The van der Waals surface area contributed by atoms with Gasteiger partial charge in [0.05, 0.1) is 5.52 Å². The molecule has 0 saturated carbocycles. The van der Waals surface area contributed by atoms with Crippen LogP contribution in [0.1, 0.15) is 26.7 Å². The normalized spacial score (nSPS) is 11.6. The maximum absolute atomic E-state index is 6.00. The zero-order valence-electron chi connectivity index (χ0n) is 11.4. The fourth-order valence-corrected chi connectivity index (χ4v) is 3.08. The van der Waals surface area contributed by atoms with E-state index >= 15 is 0 Å². The zero-order chi connectivity index (χ0) is 13.1. The molecule has 0 fully saturated rings. The lowest BCUT2D eigenvalue weighted by Crippen LogP contribution is -2.08. The Hall–Kier alpha value is -1.09. The molecule has 0 bridgehead atoms. The summed E-state index contributed by atoms with van der Waals surface area (Å²) in [7, 11) is 0. The smallest absolute Gasteiger partial charge is 0.0512 e. The van der Waals surface area contributed by atoms with Gasteiger partial charge >= 0.3 is 0 Å². The van der Waals surface area contributed by atoms with E-state index in [1.165, 1.54) is 28.6 Å². The van der Waals surface area contributed by atoms with Gasteiger partial charge in [-0.05, 0) is 30.4 Å². The third-order valence-electron chi connectivity index (χ3n) is 3.70. The van der Waals surface area contributed by atoms with Gasteiger partial charge in [0.2, 0.25) is 0 Å². The van der Waals surface area contributed by atoms with Gasteiger partial charge < -0.3 is 10.3 Å². The summed E-state index contributed by atoms with van der Waals surface area (Å²) in [6, 6.07) is 6.37. The van der Waals surface area contributed by atoms with E-state index in [0.717, 1.165) is 18.2 Å². The summed E-state index contributed by atoms with van der Waals surface area (Å²) < 4.78 is 2.35. The molecular weight excluding hydrogens is 240 g/mol. The van der Waals surface area contributed by atoms with Gasteiger partial charge in [-0.1, -0.05) is 26.7 Å². The van der Waals surface area contributed by atoms with Crippen LogP contribution < -0.4 is 5.73 Å². The summed E-state index contributed by atoms with van der Waals surface area (Å²) in [4.78, 5) is 1.27. The van der Waals surface area contributed by atoms with Gasteiger partial charge in [0.1, 0.15) is 0 Å². The highest BCUT2D eigenvalue weighted by Gasteiger charge is 2.10. The van der Waals surface area contributed by atoms with Gasteiger partial charge in [0.25, 0.3) is 0 Å². The summed E-state index contributed by atoms with van der Waals surface area (Å²) in [6.45, 7) is 5.62. The molecule has 1 heterocycles. The average molecular weight is 262 g/mol. The summed E-state index contributed by atoms with van der Waals surface area (Å²) in [5.74, 6) is 0.750. The quantitative estimate of drug-likeness (QED) is 0.640. The second-order valence-corrected chi connectivity index (χ2v) is 5.65. The average Bonchev–Trinajstić information content (AvgIpc) is 2.77. The van der Waals surface area contributed by atoms with E-state index < -0.39 is 0 Å². The number of anilines is 1. The van der Waals surface area contributed by atoms with Crippen molar-refractivity contribution in [2.75, 3.05) is 12.0 Å². The number of benzene rings is 1. The number of thioether (sulfide) groups is 1. The molecule has 0 saturated heterocycles. The Morgan fingerprint density at radius 3 is 2.61 bits per heavy atom. The Labute approximate surface area is 114 Å². The Balaban J connectivity index is 2.43. The van der Waals surface area contributed by atoms with Crippen LogP contribution in [0, 0.1) is 5.92 Å². The first kappa shape index (κ1) is 13.3. The van der Waals surface area contributed by atoms with E-state index in [4.69, 9.17) is 5.73 Å².